The van der Waals surface area contributed by atoms with Gasteiger partial charge in [0.15, 0.2) is 6.04 Å². The second-order valence-corrected chi connectivity index (χ2v) is 19.4. The highest BCUT2D eigenvalue weighted by Gasteiger charge is 2.53. The molecule has 1 aliphatic carbocycles. The summed E-state index contributed by atoms with van der Waals surface area (Å²) in [6.07, 6.45) is 4.69. The number of Topliss-reactive ketones (excluding diaryl/α,β-unsaturated/α-hetero) is 1. The van der Waals surface area contributed by atoms with Crippen molar-refractivity contribution in [3.8, 4) is 0 Å². The molecule has 1 spiro atoms. The van der Waals surface area contributed by atoms with Crippen molar-refractivity contribution in [2.75, 3.05) is 31.2 Å². The summed E-state index contributed by atoms with van der Waals surface area (Å²) in [6, 6.07) is 4.32. The van der Waals surface area contributed by atoms with Crippen molar-refractivity contribution >= 4 is 65.0 Å². The molecule has 14 nitrogen and oxygen atoms in total. The van der Waals surface area contributed by atoms with Gasteiger partial charge in [0.2, 0.25) is 23.5 Å². The summed E-state index contributed by atoms with van der Waals surface area (Å²) in [5.41, 5.74) is -0.340. The molecule has 0 bridgehead atoms. The molecule has 5 amide bonds. The van der Waals surface area contributed by atoms with Crippen LogP contribution in [0.3, 0.4) is 0 Å². The molecule has 2 aliphatic heterocycles. The number of carbonyl (C=O) groups is 7. The number of hydrogen-bond acceptors (Lipinski definition) is 11. The summed E-state index contributed by atoms with van der Waals surface area (Å²) in [4.78, 5) is 95.9. The van der Waals surface area contributed by atoms with Crippen LogP contribution in [-0.4, -0.2) is 105 Å². The number of thioether (sulfide) groups is 2. The maximum absolute atomic E-state index is 14.5. The van der Waals surface area contributed by atoms with E-state index in [1.165, 1.54) is 0 Å². The molecule has 1 aromatic carbocycles. The van der Waals surface area contributed by atoms with Gasteiger partial charge in [0.05, 0.1) is 23.3 Å². The van der Waals surface area contributed by atoms with Crippen LogP contribution < -0.4 is 21.3 Å². The number of nitrogens with zero attached hydrogens (tertiary/aromatic N) is 1. The van der Waals surface area contributed by atoms with Gasteiger partial charge >= 0.3 is 12.1 Å². The van der Waals surface area contributed by atoms with Gasteiger partial charge < -0.3 is 35.6 Å². The van der Waals surface area contributed by atoms with E-state index in [-0.39, 0.29) is 30.8 Å². The highest BCUT2D eigenvalue weighted by Crippen LogP contribution is 2.52. The van der Waals surface area contributed by atoms with Crippen LogP contribution in [0.5, 0.6) is 0 Å². The van der Waals surface area contributed by atoms with Gasteiger partial charge in [-0.25, -0.2) is 9.59 Å². The lowest BCUT2D eigenvalue weighted by molar-refractivity contribution is -0.158. The lowest BCUT2D eigenvalue weighted by Crippen LogP contribution is -2.58. The highest BCUT2D eigenvalue weighted by atomic mass is 32.2. The summed E-state index contributed by atoms with van der Waals surface area (Å²) >= 11 is 3.41. The van der Waals surface area contributed by atoms with Crippen LogP contribution in [0.25, 0.3) is 0 Å². The molecule has 1 saturated carbocycles. The van der Waals surface area contributed by atoms with Crippen LogP contribution >= 0.6 is 23.5 Å². The van der Waals surface area contributed by atoms with Gasteiger partial charge in [-0.2, -0.15) is 0 Å². The van der Waals surface area contributed by atoms with Crippen molar-refractivity contribution in [3.05, 3.63) is 35.9 Å². The zero-order valence-electron chi connectivity index (χ0n) is 33.5. The van der Waals surface area contributed by atoms with Gasteiger partial charge in [0.25, 0.3) is 5.91 Å². The summed E-state index contributed by atoms with van der Waals surface area (Å²) in [5, 5.41) is 10.5. The first-order chi connectivity index (χ1) is 26.5. The molecule has 4 N–H and O–H groups in total. The molecule has 4 rings (SSSR count). The van der Waals surface area contributed by atoms with Crippen LogP contribution in [0.2, 0.25) is 0 Å². The van der Waals surface area contributed by atoms with Crippen LogP contribution in [0, 0.1) is 11.8 Å². The molecule has 56 heavy (non-hydrogen) atoms. The standard InChI is InChI=1S/C40H59N5O9S2/c1-7-14-28(33(47)35(49)41-22-30(46)43-32(27-17-12-9-13-18-27)37(51)54-39(4,5)6)42-34(48)29-21-40(55-19-20-56-40)24-45(29)36(50)31(26-15-10-8-11-16-26)44-38(52)53-23-25(2)3/h9,12-13,17-18,25-26,28-29,31-32H,7-8,10-11,14-16,19-24H2,1-6H3,(H,41,49)(H,42,48)(H,43,46)(H,44,52)/t28?,29-,31?,32?/m0/s1. The fourth-order valence-electron chi connectivity index (χ4n) is 7.18. The third kappa shape index (κ3) is 12.9. The molecule has 3 unspecified atom stereocenters. The molecule has 3 aliphatic rings. The molecule has 1 aromatic rings. The maximum Gasteiger partial charge on any atom is 0.407 e. The van der Waals surface area contributed by atoms with Gasteiger partial charge in [-0.05, 0) is 57.4 Å². The highest BCUT2D eigenvalue weighted by molar-refractivity contribution is 8.21. The Morgan fingerprint density at radius 1 is 0.929 bits per heavy atom. The first kappa shape index (κ1) is 44.9. The van der Waals surface area contributed by atoms with Gasteiger partial charge in [-0.15, -0.1) is 23.5 Å². The Bertz CT molecular complexity index is 1560. The van der Waals surface area contributed by atoms with E-state index in [4.69, 9.17) is 9.47 Å². The summed E-state index contributed by atoms with van der Waals surface area (Å²) in [6.45, 7) is 10.7. The van der Waals surface area contributed by atoms with Crippen molar-refractivity contribution in [2.45, 2.75) is 127 Å². The predicted molar refractivity (Wildman–Crippen MR) is 215 cm³/mol. The maximum atomic E-state index is 14.5. The second-order valence-electron chi connectivity index (χ2n) is 16.1. The zero-order chi connectivity index (χ0) is 41.0. The Balaban J connectivity index is 1.45. The number of esters is 1. The number of ketones is 1. The van der Waals surface area contributed by atoms with Gasteiger partial charge in [0, 0.05) is 24.5 Å². The van der Waals surface area contributed by atoms with Crippen molar-refractivity contribution in [1.29, 1.82) is 0 Å². The Morgan fingerprint density at radius 2 is 1.59 bits per heavy atom. The van der Waals surface area contributed by atoms with Crippen LogP contribution in [0.1, 0.15) is 105 Å². The SMILES string of the molecule is CCCC(NC(=O)[C@@H]1CC2(CN1C(=O)C(NC(=O)OCC(C)C)C1CCCCC1)SCCS2)C(=O)C(=O)NCC(=O)NC(C(=O)OC(C)(C)C)c1ccccc1. The Morgan fingerprint density at radius 3 is 2.20 bits per heavy atom. The fraction of sp³-hybridized carbons (Fsp3) is 0.675. The van der Waals surface area contributed by atoms with Crippen LogP contribution in [0.4, 0.5) is 4.79 Å². The Kier molecular flexibility index (Phi) is 16.5. The van der Waals surface area contributed by atoms with E-state index in [9.17, 15) is 33.6 Å². The number of alkyl carbamates (subject to hydrolysis) is 1. The lowest BCUT2D eigenvalue weighted by atomic mass is 9.83. The largest absolute Gasteiger partial charge is 0.458 e. The second kappa shape index (κ2) is 20.6. The minimum Gasteiger partial charge on any atom is -0.458 e. The molecular weight excluding hydrogens is 759 g/mol. The smallest absolute Gasteiger partial charge is 0.407 e. The summed E-state index contributed by atoms with van der Waals surface area (Å²) in [7, 11) is 0. The van der Waals surface area contributed by atoms with E-state index < -0.39 is 76.0 Å². The number of hydrogen-bond donors (Lipinski definition) is 4. The monoisotopic (exact) mass is 817 g/mol. The third-order valence-corrected chi connectivity index (χ3v) is 13.2. The molecule has 3 fully saturated rings. The number of likely N-dealkylation sites (tertiary alicyclic amines) is 1. The molecular formula is C40H59N5O9S2. The van der Waals surface area contributed by atoms with Gasteiger partial charge in [-0.3, -0.25) is 24.0 Å². The summed E-state index contributed by atoms with van der Waals surface area (Å²) in [5.74, 6) is -2.63. The third-order valence-electron chi connectivity index (χ3n) is 9.82. The minimum atomic E-state index is -1.22. The molecule has 0 radical (unpaired) electrons. The molecule has 2 saturated heterocycles. The molecule has 0 aromatic heterocycles. The van der Waals surface area contributed by atoms with E-state index in [1.807, 2.05) is 20.8 Å². The van der Waals surface area contributed by atoms with Crippen molar-refractivity contribution in [2.24, 2.45) is 11.8 Å². The first-order valence-corrected chi connectivity index (χ1v) is 21.7. The van der Waals surface area contributed by atoms with Crippen LogP contribution in [-0.2, 0) is 38.2 Å². The predicted octanol–water partition coefficient (Wildman–Crippen LogP) is 4.26. The van der Waals surface area contributed by atoms with E-state index in [1.54, 1.807) is 79.5 Å². The topological polar surface area (TPSA) is 189 Å². The number of nitrogens with one attached hydrogen (secondary N) is 4. The average Bonchev–Trinajstić information content (AvgIpc) is 3.79. The van der Waals surface area contributed by atoms with Crippen LogP contribution in [0.15, 0.2) is 30.3 Å². The zero-order valence-corrected chi connectivity index (χ0v) is 35.1. The number of ether oxygens (including phenoxy) is 2. The summed E-state index contributed by atoms with van der Waals surface area (Å²) < 4.78 is 10.5. The Labute approximate surface area is 338 Å². The van der Waals surface area contributed by atoms with Gasteiger partial charge in [-0.1, -0.05) is 76.8 Å². The van der Waals surface area contributed by atoms with Crippen molar-refractivity contribution < 1.29 is 43.0 Å². The van der Waals surface area contributed by atoms with Crippen molar-refractivity contribution in [1.82, 2.24) is 26.2 Å². The normalized spacial score (nSPS) is 19.8. The van der Waals surface area contributed by atoms with E-state index in [0.29, 0.717) is 24.9 Å². The number of carbonyl (C=O) groups excluding carboxylic acids is 7. The van der Waals surface area contributed by atoms with E-state index in [2.05, 4.69) is 21.3 Å². The van der Waals surface area contributed by atoms with E-state index in [0.717, 1.165) is 43.6 Å². The fourth-order valence-corrected chi connectivity index (χ4v) is 10.4. The molecule has 4 atom stereocenters. The number of rotatable bonds is 16. The Hall–Kier alpha value is -3.79. The molecule has 2 heterocycles. The molecule has 310 valence electrons. The van der Waals surface area contributed by atoms with Crippen molar-refractivity contribution in [3.63, 3.8) is 0 Å². The lowest BCUT2D eigenvalue weighted by Gasteiger charge is -2.34. The molecule has 16 heteroatoms. The average molecular weight is 818 g/mol. The van der Waals surface area contributed by atoms with Gasteiger partial charge in [0.1, 0.15) is 17.7 Å². The number of amides is 5. The minimum absolute atomic E-state index is 0.113. The first-order valence-electron chi connectivity index (χ1n) is 19.7. The van der Waals surface area contributed by atoms with E-state index >= 15 is 0 Å². The number of benzene rings is 1. The quantitative estimate of drug-likeness (QED) is 0.138.